The predicted molar refractivity (Wildman–Crippen MR) is 66.5 cm³/mol. The number of halogens is 2. The van der Waals surface area contributed by atoms with Gasteiger partial charge >= 0.3 is 0 Å². The molecule has 0 unspecified atom stereocenters. The lowest BCUT2D eigenvalue weighted by atomic mass is 10.0. The van der Waals surface area contributed by atoms with Crippen LogP contribution in [0.4, 0.5) is 0 Å². The van der Waals surface area contributed by atoms with Gasteiger partial charge in [-0.25, -0.2) is 0 Å². The molecule has 13 heavy (non-hydrogen) atoms. The monoisotopic (exact) mass is 351 g/mol. The van der Waals surface area contributed by atoms with Crippen molar-refractivity contribution in [3.05, 3.63) is 31.8 Å². The van der Waals surface area contributed by atoms with Crippen LogP contribution in [0.15, 0.2) is 22.7 Å². The summed E-state index contributed by atoms with van der Waals surface area (Å²) in [4.78, 5) is 0. The van der Waals surface area contributed by atoms with Gasteiger partial charge < -0.3 is 5.73 Å². The molecule has 2 rings (SSSR count). The molecule has 0 aliphatic heterocycles. The van der Waals surface area contributed by atoms with Crippen molar-refractivity contribution >= 4 is 38.5 Å². The zero-order valence-electron chi connectivity index (χ0n) is 7.13. The highest BCUT2D eigenvalue weighted by molar-refractivity contribution is 14.1. The molecule has 70 valence electrons. The van der Waals surface area contributed by atoms with E-state index in [-0.39, 0.29) is 6.04 Å². The third-order valence-electron chi connectivity index (χ3n) is 2.45. The number of hydrogen-bond donors (Lipinski definition) is 1. The van der Waals surface area contributed by atoms with Crippen LogP contribution in [0.3, 0.4) is 0 Å². The molecule has 2 N–H and O–H groups in total. The minimum Gasteiger partial charge on any atom is -0.324 e. The molecule has 0 radical (unpaired) electrons. The molecule has 0 spiro atoms. The van der Waals surface area contributed by atoms with Gasteiger partial charge in [0.1, 0.15) is 0 Å². The lowest BCUT2D eigenvalue weighted by Gasteiger charge is -2.12. The van der Waals surface area contributed by atoms with Gasteiger partial charge in [-0.15, -0.1) is 0 Å². The van der Waals surface area contributed by atoms with Gasteiger partial charge in [-0.2, -0.15) is 0 Å². The SMILES string of the molecule is N[C@@H](c1cc(I)ccc1Br)C1CC1. The highest BCUT2D eigenvalue weighted by Gasteiger charge is 2.30. The van der Waals surface area contributed by atoms with E-state index in [1.165, 1.54) is 22.0 Å². The van der Waals surface area contributed by atoms with Crippen LogP contribution in [0.1, 0.15) is 24.4 Å². The molecule has 1 nitrogen and oxygen atoms in total. The van der Waals surface area contributed by atoms with Crippen molar-refractivity contribution in [2.75, 3.05) is 0 Å². The molecule has 1 aliphatic rings. The van der Waals surface area contributed by atoms with Gasteiger partial charge in [-0.3, -0.25) is 0 Å². The molecule has 0 aromatic heterocycles. The van der Waals surface area contributed by atoms with Crippen LogP contribution < -0.4 is 5.73 Å². The van der Waals surface area contributed by atoms with E-state index in [1.807, 2.05) is 0 Å². The lowest BCUT2D eigenvalue weighted by molar-refractivity contribution is 0.630. The average Bonchev–Trinajstić information content (AvgIpc) is 2.91. The standard InChI is InChI=1S/C10H11BrIN/c11-9-4-3-7(12)5-8(9)10(13)6-1-2-6/h3-6,10H,1-2,13H2/t10-/m1/s1. The largest absolute Gasteiger partial charge is 0.324 e. The summed E-state index contributed by atoms with van der Waals surface area (Å²) >= 11 is 5.87. The van der Waals surface area contributed by atoms with Crippen molar-refractivity contribution in [1.82, 2.24) is 0 Å². The van der Waals surface area contributed by atoms with E-state index in [9.17, 15) is 0 Å². The van der Waals surface area contributed by atoms with Gasteiger partial charge in [-0.05, 0) is 65.1 Å². The van der Waals surface area contributed by atoms with E-state index in [4.69, 9.17) is 5.73 Å². The summed E-state index contributed by atoms with van der Waals surface area (Å²) < 4.78 is 2.40. The molecular weight excluding hydrogens is 341 g/mol. The Morgan fingerprint density at radius 2 is 2.15 bits per heavy atom. The molecule has 0 heterocycles. The first-order valence-corrected chi connectivity index (χ1v) is 6.26. The van der Waals surface area contributed by atoms with Crippen LogP contribution >= 0.6 is 38.5 Å². The lowest BCUT2D eigenvalue weighted by Crippen LogP contribution is -2.13. The van der Waals surface area contributed by atoms with Crippen LogP contribution in [-0.4, -0.2) is 0 Å². The maximum atomic E-state index is 6.14. The fourth-order valence-corrected chi connectivity index (χ4v) is 2.51. The summed E-state index contributed by atoms with van der Waals surface area (Å²) in [5.74, 6) is 0.717. The Balaban J connectivity index is 2.31. The van der Waals surface area contributed by atoms with Gasteiger partial charge in [0.15, 0.2) is 0 Å². The molecule has 3 heteroatoms. The molecule has 0 amide bonds. The van der Waals surface area contributed by atoms with Crippen LogP contribution in [0, 0.1) is 9.49 Å². The summed E-state index contributed by atoms with van der Waals surface area (Å²) in [6, 6.07) is 6.57. The summed E-state index contributed by atoms with van der Waals surface area (Å²) in [6.07, 6.45) is 2.58. The Kier molecular flexibility index (Phi) is 2.95. The molecule has 1 fully saturated rings. The summed E-state index contributed by atoms with van der Waals surface area (Å²) in [6.45, 7) is 0. The average molecular weight is 352 g/mol. The van der Waals surface area contributed by atoms with Crippen molar-refractivity contribution in [3.8, 4) is 0 Å². The number of rotatable bonds is 2. The zero-order chi connectivity index (χ0) is 9.42. The fraction of sp³-hybridized carbons (Fsp3) is 0.400. The summed E-state index contributed by atoms with van der Waals surface area (Å²) in [5.41, 5.74) is 7.40. The minimum absolute atomic E-state index is 0.226. The number of hydrogen-bond acceptors (Lipinski definition) is 1. The first-order chi connectivity index (χ1) is 6.18. The van der Waals surface area contributed by atoms with E-state index in [2.05, 4.69) is 56.7 Å². The second-order valence-electron chi connectivity index (χ2n) is 3.53. The summed E-state index contributed by atoms with van der Waals surface area (Å²) in [7, 11) is 0. The third-order valence-corrected chi connectivity index (χ3v) is 3.84. The van der Waals surface area contributed by atoms with Crippen molar-refractivity contribution in [3.63, 3.8) is 0 Å². The van der Waals surface area contributed by atoms with Crippen LogP contribution in [-0.2, 0) is 0 Å². The van der Waals surface area contributed by atoms with Gasteiger partial charge in [0.25, 0.3) is 0 Å². The van der Waals surface area contributed by atoms with Gasteiger partial charge in [0.2, 0.25) is 0 Å². The minimum atomic E-state index is 0.226. The van der Waals surface area contributed by atoms with Gasteiger partial charge in [-0.1, -0.05) is 15.9 Å². The maximum Gasteiger partial charge on any atom is 0.0335 e. The molecule has 0 bridgehead atoms. The third kappa shape index (κ3) is 2.25. The molecular formula is C10H11BrIN. The Hall–Kier alpha value is 0.390. The molecule has 1 aromatic rings. The van der Waals surface area contributed by atoms with Gasteiger partial charge in [0.05, 0.1) is 0 Å². The van der Waals surface area contributed by atoms with Crippen molar-refractivity contribution in [1.29, 1.82) is 0 Å². The molecule has 1 atom stereocenters. The van der Waals surface area contributed by atoms with Crippen molar-refractivity contribution < 1.29 is 0 Å². The van der Waals surface area contributed by atoms with Gasteiger partial charge in [0, 0.05) is 14.1 Å². The molecule has 1 aliphatic carbocycles. The van der Waals surface area contributed by atoms with E-state index in [0.717, 1.165) is 10.4 Å². The summed E-state index contributed by atoms with van der Waals surface area (Å²) in [5, 5.41) is 0. The van der Waals surface area contributed by atoms with Crippen LogP contribution in [0.25, 0.3) is 0 Å². The Morgan fingerprint density at radius 3 is 2.77 bits per heavy atom. The van der Waals surface area contributed by atoms with E-state index < -0.39 is 0 Å². The van der Waals surface area contributed by atoms with E-state index in [1.54, 1.807) is 0 Å². The maximum absolute atomic E-state index is 6.14. The first kappa shape index (κ1) is 9.93. The Labute approximate surface area is 100 Å². The van der Waals surface area contributed by atoms with E-state index >= 15 is 0 Å². The Morgan fingerprint density at radius 1 is 1.46 bits per heavy atom. The Bertz CT molecular complexity index is 323. The zero-order valence-corrected chi connectivity index (χ0v) is 10.9. The molecule has 1 saturated carbocycles. The highest BCUT2D eigenvalue weighted by atomic mass is 127. The van der Waals surface area contributed by atoms with Crippen molar-refractivity contribution in [2.45, 2.75) is 18.9 Å². The quantitative estimate of drug-likeness (QED) is 0.811. The van der Waals surface area contributed by atoms with Crippen molar-refractivity contribution in [2.24, 2.45) is 11.7 Å². The second-order valence-corrected chi connectivity index (χ2v) is 5.63. The normalized spacial score (nSPS) is 18.7. The molecule has 1 aromatic carbocycles. The van der Waals surface area contributed by atoms with E-state index in [0.29, 0.717) is 0 Å². The first-order valence-electron chi connectivity index (χ1n) is 4.39. The predicted octanol–water partition coefficient (Wildman–Crippen LogP) is 3.46. The van der Waals surface area contributed by atoms with Crippen LogP contribution in [0.2, 0.25) is 0 Å². The smallest absolute Gasteiger partial charge is 0.0335 e. The highest BCUT2D eigenvalue weighted by Crippen LogP contribution is 2.41. The fourth-order valence-electron chi connectivity index (χ4n) is 1.48. The number of benzene rings is 1. The molecule has 0 saturated heterocycles. The second kappa shape index (κ2) is 3.87. The topological polar surface area (TPSA) is 26.0 Å². The number of nitrogens with two attached hydrogens (primary N) is 1. The van der Waals surface area contributed by atoms with Crippen LogP contribution in [0.5, 0.6) is 0 Å².